The van der Waals surface area contributed by atoms with Crippen LogP contribution >= 0.6 is 11.3 Å². The highest BCUT2D eigenvalue weighted by atomic mass is 32.1. The third-order valence-corrected chi connectivity index (χ3v) is 3.24. The van der Waals surface area contributed by atoms with E-state index in [2.05, 4.69) is 37.5 Å². The van der Waals surface area contributed by atoms with Crippen molar-refractivity contribution in [3.63, 3.8) is 0 Å². The van der Waals surface area contributed by atoms with Crippen LogP contribution in [-0.2, 0) is 13.0 Å². The highest BCUT2D eigenvalue weighted by Crippen LogP contribution is 2.17. The zero-order valence-electron chi connectivity index (χ0n) is 9.47. The normalized spacial score (nSPS) is 11.1. The van der Waals surface area contributed by atoms with Gasteiger partial charge in [-0.3, -0.25) is 0 Å². The van der Waals surface area contributed by atoms with Crippen molar-refractivity contribution in [2.45, 2.75) is 52.6 Å². The molecule has 0 saturated carbocycles. The SMILES string of the molecule is CCCCc1cc(CNC(C)C)cs1. The van der Waals surface area contributed by atoms with E-state index in [0.29, 0.717) is 6.04 Å². The molecule has 1 rings (SSSR count). The van der Waals surface area contributed by atoms with E-state index in [1.165, 1.54) is 29.7 Å². The first kappa shape index (κ1) is 11.7. The molecular formula is C12H21NS. The van der Waals surface area contributed by atoms with Crippen molar-refractivity contribution >= 4 is 11.3 Å². The van der Waals surface area contributed by atoms with Gasteiger partial charge in [0, 0.05) is 17.5 Å². The Morgan fingerprint density at radius 1 is 1.43 bits per heavy atom. The predicted octanol–water partition coefficient (Wildman–Crippen LogP) is 3.59. The maximum Gasteiger partial charge on any atom is 0.0216 e. The fraction of sp³-hybridized carbons (Fsp3) is 0.667. The number of hydrogen-bond acceptors (Lipinski definition) is 2. The third kappa shape index (κ3) is 4.25. The van der Waals surface area contributed by atoms with Gasteiger partial charge in [0.2, 0.25) is 0 Å². The van der Waals surface area contributed by atoms with Crippen LogP contribution in [0.25, 0.3) is 0 Å². The van der Waals surface area contributed by atoms with Gasteiger partial charge in [-0.15, -0.1) is 11.3 Å². The minimum Gasteiger partial charge on any atom is -0.310 e. The van der Waals surface area contributed by atoms with Crippen molar-refractivity contribution in [2.75, 3.05) is 0 Å². The van der Waals surface area contributed by atoms with Gasteiger partial charge in [-0.25, -0.2) is 0 Å². The summed E-state index contributed by atoms with van der Waals surface area (Å²) in [6.45, 7) is 7.63. The van der Waals surface area contributed by atoms with Crippen LogP contribution in [0.1, 0.15) is 44.1 Å². The van der Waals surface area contributed by atoms with E-state index in [1.807, 2.05) is 11.3 Å². The summed E-state index contributed by atoms with van der Waals surface area (Å²) in [5, 5.41) is 5.72. The van der Waals surface area contributed by atoms with Crippen molar-refractivity contribution in [3.05, 3.63) is 21.9 Å². The summed E-state index contributed by atoms with van der Waals surface area (Å²) in [6, 6.07) is 2.92. The number of aryl methyl sites for hydroxylation is 1. The lowest BCUT2D eigenvalue weighted by molar-refractivity contribution is 0.589. The topological polar surface area (TPSA) is 12.0 Å². The van der Waals surface area contributed by atoms with Gasteiger partial charge in [-0.2, -0.15) is 0 Å². The van der Waals surface area contributed by atoms with Crippen LogP contribution in [0.4, 0.5) is 0 Å². The molecule has 0 saturated heterocycles. The Balaban J connectivity index is 2.35. The molecular weight excluding hydrogens is 190 g/mol. The van der Waals surface area contributed by atoms with Gasteiger partial charge in [0.05, 0.1) is 0 Å². The van der Waals surface area contributed by atoms with E-state index < -0.39 is 0 Å². The first-order valence-corrected chi connectivity index (χ1v) is 6.40. The quantitative estimate of drug-likeness (QED) is 0.758. The Labute approximate surface area is 91.5 Å². The molecule has 0 aliphatic heterocycles. The summed E-state index contributed by atoms with van der Waals surface area (Å²) < 4.78 is 0. The molecule has 1 heterocycles. The summed E-state index contributed by atoms with van der Waals surface area (Å²) in [5.41, 5.74) is 1.44. The molecule has 0 unspecified atom stereocenters. The number of rotatable bonds is 6. The van der Waals surface area contributed by atoms with Crippen molar-refractivity contribution in [1.82, 2.24) is 5.32 Å². The molecule has 0 radical (unpaired) electrons. The van der Waals surface area contributed by atoms with E-state index in [4.69, 9.17) is 0 Å². The second kappa shape index (κ2) is 6.20. The Morgan fingerprint density at radius 3 is 2.86 bits per heavy atom. The highest BCUT2D eigenvalue weighted by Gasteiger charge is 2.00. The third-order valence-electron chi connectivity index (χ3n) is 2.20. The smallest absolute Gasteiger partial charge is 0.0216 e. The van der Waals surface area contributed by atoms with Gasteiger partial charge in [-0.1, -0.05) is 27.2 Å². The van der Waals surface area contributed by atoms with Gasteiger partial charge in [0.25, 0.3) is 0 Å². The molecule has 2 heteroatoms. The number of thiophene rings is 1. The molecule has 1 N–H and O–H groups in total. The molecule has 1 aromatic rings. The van der Waals surface area contributed by atoms with Crippen LogP contribution in [0, 0.1) is 0 Å². The largest absolute Gasteiger partial charge is 0.310 e. The fourth-order valence-corrected chi connectivity index (χ4v) is 2.26. The zero-order chi connectivity index (χ0) is 10.4. The van der Waals surface area contributed by atoms with Gasteiger partial charge in [0.15, 0.2) is 0 Å². The average Bonchev–Trinajstić information content (AvgIpc) is 2.59. The van der Waals surface area contributed by atoms with Crippen molar-refractivity contribution in [2.24, 2.45) is 0 Å². The van der Waals surface area contributed by atoms with Crippen molar-refractivity contribution in [1.29, 1.82) is 0 Å². The summed E-state index contributed by atoms with van der Waals surface area (Å²) in [6.07, 6.45) is 3.86. The van der Waals surface area contributed by atoms with Crippen molar-refractivity contribution < 1.29 is 0 Å². The Bertz CT molecular complexity index is 253. The van der Waals surface area contributed by atoms with E-state index in [9.17, 15) is 0 Å². The Morgan fingerprint density at radius 2 is 2.21 bits per heavy atom. The van der Waals surface area contributed by atoms with Gasteiger partial charge in [0.1, 0.15) is 0 Å². The van der Waals surface area contributed by atoms with Crippen LogP contribution in [0.5, 0.6) is 0 Å². The lowest BCUT2D eigenvalue weighted by Gasteiger charge is -2.05. The van der Waals surface area contributed by atoms with Gasteiger partial charge in [-0.05, 0) is 29.9 Å². The summed E-state index contributed by atoms with van der Waals surface area (Å²) >= 11 is 1.90. The highest BCUT2D eigenvalue weighted by molar-refractivity contribution is 7.10. The lowest BCUT2D eigenvalue weighted by Crippen LogP contribution is -2.21. The van der Waals surface area contributed by atoms with Crippen LogP contribution < -0.4 is 5.32 Å². The molecule has 14 heavy (non-hydrogen) atoms. The van der Waals surface area contributed by atoms with Gasteiger partial charge >= 0.3 is 0 Å². The molecule has 1 nitrogen and oxygen atoms in total. The van der Waals surface area contributed by atoms with Crippen LogP contribution in [0.3, 0.4) is 0 Å². The van der Waals surface area contributed by atoms with E-state index in [-0.39, 0.29) is 0 Å². The molecule has 0 fully saturated rings. The Kier molecular flexibility index (Phi) is 5.20. The second-order valence-corrected chi connectivity index (χ2v) is 5.06. The summed E-state index contributed by atoms with van der Waals surface area (Å²) in [7, 11) is 0. The Hall–Kier alpha value is -0.340. The van der Waals surface area contributed by atoms with Crippen LogP contribution in [-0.4, -0.2) is 6.04 Å². The minimum absolute atomic E-state index is 0.578. The number of hydrogen-bond donors (Lipinski definition) is 1. The average molecular weight is 211 g/mol. The maximum absolute atomic E-state index is 3.44. The molecule has 1 aromatic heterocycles. The maximum atomic E-state index is 3.44. The van der Waals surface area contributed by atoms with Gasteiger partial charge < -0.3 is 5.32 Å². The standard InChI is InChI=1S/C12H21NS/c1-4-5-6-12-7-11(9-14-12)8-13-10(2)3/h7,9-10,13H,4-6,8H2,1-3H3. The lowest BCUT2D eigenvalue weighted by atomic mass is 10.2. The van der Waals surface area contributed by atoms with Crippen molar-refractivity contribution in [3.8, 4) is 0 Å². The molecule has 0 amide bonds. The fourth-order valence-electron chi connectivity index (χ4n) is 1.32. The molecule has 0 aliphatic carbocycles. The summed E-state index contributed by atoms with van der Waals surface area (Å²) in [4.78, 5) is 1.53. The minimum atomic E-state index is 0.578. The first-order chi connectivity index (χ1) is 6.72. The summed E-state index contributed by atoms with van der Waals surface area (Å²) in [5.74, 6) is 0. The zero-order valence-corrected chi connectivity index (χ0v) is 10.3. The van der Waals surface area contributed by atoms with Crippen LogP contribution in [0.15, 0.2) is 11.4 Å². The number of nitrogens with one attached hydrogen (secondary N) is 1. The van der Waals surface area contributed by atoms with E-state index in [0.717, 1.165) is 6.54 Å². The molecule has 0 atom stereocenters. The number of unbranched alkanes of at least 4 members (excludes halogenated alkanes) is 1. The molecule has 0 aliphatic rings. The van der Waals surface area contributed by atoms with Crippen LogP contribution in [0.2, 0.25) is 0 Å². The van der Waals surface area contributed by atoms with E-state index >= 15 is 0 Å². The van der Waals surface area contributed by atoms with E-state index in [1.54, 1.807) is 0 Å². The molecule has 80 valence electrons. The predicted molar refractivity (Wildman–Crippen MR) is 64.9 cm³/mol. The molecule has 0 spiro atoms. The monoisotopic (exact) mass is 211 g/mol. The molecule has 0 bridgehead atoms. The first-order valence-electron chi connectivity index (χ1n) is 5.52. The second-order valence-electron chi connectivity index (χ2n) is 4.06. The molecule has 0 aromatic carbocycles.